The van der Waals surface area contributed by atoms with Gasteiger partial charge in [0.25, 0.3) is 0 Å². The molecule has 1 heterocycles. The van der Waals surface area contributed by atoms with Gasteiger partial charge < -0.3 is 5.73 Å². The van der Waals surface area contributed by atoms with Crippen LogP contribution in [0.2, 0.25) is 0 Å². The van der Waals surface area contributed by atoms with Crippen LogP contribution in [0.5, 0.6) is 0 Å². The van der Waals surface area contributed by atoms with Gasteiger partial charge in [-0.1, -0.05) is 12.1 Å². The lowest BCUT2D eigenvalue weighted by Crippen LogP contribution is -2.01. The molecule has 3 nitrogen and oxygen atoms in total. The molecule has 3 aromatic rings. The number of benzene rings is 2. The fourth-order valence-electron chi connectivity index (χ4n) is 2.04. The van der Waals surface area contributed by atoms with Gasteiger partial charge in [-0.05, 0) is 35.9 Å². The van der Waals surface area contributed by atoms with Crippen LogP contribution in [-0.2, 0) is 6.54 Å². The highest BCUT2D eigenvalue weighted by molar-refractivity contribution is 5.85. The Hall–Kier alpha value is -2.07. The van der Waals surface area contributed by atoms with E-state index in [2.05, 4.69) is 5.10 Å². The van der Waals surface area contributed by atoms with Crippen LogP contribution < -0.4 is 5.73 Å². The number of hydrogen-bond acceptors (Lipinski definition) is 2. The van der Waals surface area contributed by atoms with Crippen LogP contribution in [0.4, 0.5) is 10.1 Å². The second-order valence-corrected chi connectivity index (χ2v) is 4.25. The Morgan fingerprint density at radius 1 is 1.16 bits per heavy atom. The molecular formula is C14H13ClFN3. The molecule has 5 heteroatoms. The fraction of sp³-hybridized carbons (Fsp3) is 0.0714. The molecule has 0 unspecified atom stereocenters. The molecule has 0 atom stereocenters. The lowest BCUT2D eigenvalue weighted by atomic mass is 10.2. The Kier molecular flexibility index (Phi) is 3.71. The standard InChI is InChI=1S/C14H12FN3.ClH/c15-12-3-1-2-10(6-12)9-18-14-5-4-13(16)7-11(14)8-17-18;/h1-8H,9,16H2;1H. The third-order valence-electron chi connectivity index (χ3n) is 2.89. The molecule has 0 bridgehead atoms. The summed E-state index contributed by atoms with van der Waals surface area (Å²) in [6, 6.07) is 12.2. The van der Waals surface area contributed by atoms with E-state index in [-0.39, 0.29) is 18.2 Å². The largest absolute Gasteiger partial charge is 0.399 e. The summed E-state index contributed by atoms with van der Waals surface area (Å²) in [5.74, 6) is -0.229. The van der Waals surface area contributed by atoms with Crippen LogP contribution in [0.3, 0.4) is 0 Å². The topological polar surface area (TPSA) is 43.8 Å². The minimum Gasteiger partial charge on any atom is -0.399 e. The first kappa shape index (κ1) is 13.4. The number of nitrogens with zero attached hydrogens (tertiary/aromatic N) is 2. The molecule has 3 rings (SSSR count). The van der Waals surface area contributed by atoms with Gasteiger partial charge in [0.1, 0.15) is 5.82 Å². The molecule has 0 aliphatic rings. The van der Waals surface area contributed by atoms with Gasteiger partial charge >= 0.3 is 0 Å². The van der Waals surface area contributed by atoms with E-state index in [9.17, 15) is 4.39 Å². The lowest BCUT2D eigenvalue weighted by Gasteiger charge is -2.04. The van der Waals surface area contributed by atoms with E-state index < -0.39 is 0 Å². The first-order valence-electron chi connectivity index (χ1n) is 5.68. The molecule has 0 saturated carbocycles. The van der Waals surface area contributed by atoms with Crippen molar-refractivity contribution in [3.8, 4) is 0 Å². The van der Waals surface area contributed by atoms with Crippen molar-refractivity contribution in [2.24, 2.45) is 0 Å². The minimum atomic E-state index is -0.229. The molecule has 0 amide bonds. The molecule has 2 aromatic carbocycles. The van der Waals surface area contributed by atoms with Crippen LogP contribution in [0.25, 0.3) is 10.9 Å². The Morgan fingerprint density at radius 2 is 2.00 bits per heavy atom. The number of rotatable bonds is 2. The van der Waals surface area contributed by atoms with Crippen molar-refractivity contribution in [2.75, 3.05) is 5.73 Å². The maximum absolute atomic E-state index is 13.1. The van der Waals surface area contributed by atoms with Gasteiger partial charge in [0.2, 0.25) is 0 Å². The van der Waals surface area contributed by atoms with Gasteiger partial charge in [0.05, 0.1) is 18.3 Å². The van der Waals surface area contributed by atoms with E-state index in [4.69, 9.17) is 5.73 Å². The average molecular weight is 278 g/mol. The van der Waals surface area contributed by atoms with Gasteiger partial charge in [-0.2, -0.15) is 5.10 Å². The maximum Gasteiger partial charge on any atom is 0.123 e. The van der Waals surface area contributed by atoms with E-state index in [1.165, 1.54) is 12.1 Å². The van der Waals surface area contributed by atoms with Crippen molar-refractivity contribution < 1.29 is 4.39 Å². The molecule has 1 aromatic heterocycles. The highest BCUT2D eigenvalue weighted by Gasteiger charge is 2.04. The van der Waals surface area contributed by atoms with Gasteiger partial charge in [-0.3, -0.25) is 4.68 Å². The highest BCUT2D eigenvalue weighted by atomic mass is 35.5. The number of hydrogen-bond donors (Lipinski definition) is 1. The molecule has 0 aliphatic carbocycles. The summed E-state index contributed by atoms with van der Waals surface area (Å²) < 4.78 is 15.0. The minimum absolute atomic E-state index is 0. The zero-order valence-corrected chi connectivity index (χ0v) is 10.9. The molecule has 0 radical (unpaired) electrons. The number of halogens is 2. The molecule has 19 heavy (non-hydrogen) atoms. The first-order valence-corrected chi connectivity index (χ1v) is 5.68. The molecule has 0 fully saturated rings. The van der Waals surface area contributed by atoms with E-state index in [0.717, 1.165) is 16.5 Å². The third-order valence-corrected chi connectivity index (χ3v) is 2.89. The Bertz CT molecular complexity index is 709. The maximum atomic E-state index is 13.1. The summed E-state index contributed by atoms with van der Waals surface area (Å²) in [7, 11) is 0. The quantitative estimate of drug-likeness (QED) is 0.731. The summed E-state index contributed by atoms with van der Waals surface area (Å²) in [6.45, 7) is 0.547. The van der Waals surface area contributed by atoms with Crippen molar-refractivity contribution >= 4 is 29.0 Å². The summed E-state index contributed by atoms with van der Waals surface area (Å²) in [4.78, 5) is 0. The van der Waals surface area contributed by atoms with Gasteiger partial charge in [0, 0.05) is 11.1 Å². The number of nitrogen functional groups attached to an aromatic ring is 1. The van der Waals surface area contributed by atoms with Crippen LogP contribution in [0.1, 0.15) is 5.56 Å². The lowest BCUT2D eigenvalue weighted by molar-refractivity contribution is 0.621. The van der Waals surface area contributed by atoms with Crippen molar-refractivity contribution in [2.45, 2.75) is 6.54 Å². The average Bonchev–Trinajstić information content (AvgIpc) is 2.72. The van der Waals surface area contributed by atoms with Crippen molar-refractivity contribution in [1.82, 2.24) is 9.78 Å². The summed E-state index contributed by atoms with van der Waals surface area (Å²) in [6.07, 6.45) is 1.77. The van der Waals surface area contributed by atoms with E-state index in [1.807, 2.05) is 28.9 Å². The Balaban J connectivity index is 0.00000133. The van der Waals surface area contributed by atoms with E-state index in [0.29, 0.717) is 12.2 Å². The van der Waals surface area contributed by atoms with E-state index in [1.54, 1.807) is 12.3 Å². The van der Waals surface area contributed by atoms with Crippen molar-refractivity contribution in [3.63, 3.8) is 0 Å². The normalized spacial score (nSPS) is 10.4. The van der Waals surface area contributed by atoms with Crippen molar-refractivity contribution in [1.29, 1.82) is 0 Å². The molecule has 0 spiro atoms. The first-order chi connectivity index (χ1) is 8.72. The fourth-order valence-corrected chi connectivity index (χ4v) is 2.04. The number of fused-ring (bicyclic) bond motifs is 1. The van der Waals surface area contributed by atoms with Crippen molar-refractivity contribution in [3.05, 3.63) is 60.0 Å². The molecule has 0 aliphatic heterocycles. The van der Waals surface area contributed by atoms with Gasteiger partial charge in [0.15, 0.2) is 0 Å². The second-order valence-electron chi connectivity index (χ2n) is 4.25. The predicted molar refractivity (Wildman–Crippen MR) is 76.9 cm³/mol. The number of aromatic nitrogens is 2. The summed E-state index contributed by atoms with van der Waals surface area (Å²) in [5.41, 5.74) is 8.31. The molecule has 2 N–H and O–H groups in total. The molecule has 98 valence electrons. The van der Waals surface area contributed by atoms with Crippen LogP contribution >= 0.6 is 12.4 Å². The zero-order valence-electron chi connectivity index (χ0n) is 10.1. The monoisotopic (exact) mass is 277 g/mol. The van der Waals surface area contributed by atoms with Crippen LogP contribution in [0, 0.1) is 5.82 Å². The summed E-state index contributed by atoms with van der Waals surface area (Å²) >= 11 is 0. The Labute approximate surface area is 116 Å². The number of nitrogens with two attached hydrogens (primary N) is 1. The summed E-state index contributed by atoms with van der Waals surface area (Å²) in [5, 5.41) is 5.29. The number of anilines is 1. The van der Waals surface area contributed by atoms with Crippen LogP contribution in [-0.4, -0.2) is 9.78 Å². The predicted octanol–water partition coefficient (Wildman–Crippen LogP) is 3.23. The van der Waals surface area contributed by atoms with Gasteiger partial charge in [-0.15, -0.1) is 12.4 Å². The molecule has 0 saturated heterocycles. The molecular weight excluding hydrogens is 265 g/mol. The van der Waals surface area contributed by atoms with E-state index >= 15 is 0 Å². The van der Waals surface area contributed by atoms with Crippen LogP contribution in [0.15, 0.2) is 48.7 Å². The second kappa shape index (κ2) is 5.28. The zero-order chi connectivity index (χ0) is 12.5. The highest BCUT2D eigenvalue weighted by Crippen LogP contribution is 2.18. The smallest absolute Gasteiger partial charge is 0.123 e. The van der Waals surface area contributed by atoms with Gasteiger partial charge in [-0.25, -0.2) is 4.39 Å². The Morgan fingerprint density at radius 3 is 2.79 bits per heavy atom. The third kappa shape index (κ3) is 2.69. The SMILES string of the molecule is Cl.Nc1ccc2c(cnn2Cc2cccc(F)c2)c1.